The molecule has 2 amide bonds. The SMILES string of the molecule is NC1NN2CC(F)CNC2C1C(=O)Nc1cncc(F)c1N1CCC(C(=O)N2CCN3CCC2C3)CC1. The molecule has 0 saturated carbocycles. The fourth-order valence-electron chi connectivity index (χ4n) is 6.61. The van der Waals surface area contributed by atoms with Crippen LogP contribution >= 0.6 is 0 Å². The third-order valence-electron chi connectivity index (χ3n) is 8.54. The van der Waals surface area contributed by atoms with Gasteiger partial charge in [0.15, 0.2) is 5.82 Å². The number of hydrazine groups is 1. The molecular weight excluding hydrogens is 484 g/mol. The van der Waals surface area contributed by atoms with Gasteiger partial charge in [0.05, 0.1) is 36.3 Å². The van der Waals surface area contributed by atoms with E-state index in [1.807, 2.05) is 4.90 Å². The lowest BCUT2D eigenvalue weighted by Gasteiger charge is -2.40. The van der Waals surface area contributed by atoms with Crippen LogP contribution in [0.1, 0.15) is 19.3 Å². The number of fused-ring (bicyclic) bond motifs is 3. The van der Waals surface area contributed by atoms with E-state index in [9.17, 15) is 14.0 Å². The number of piperidine rings is 1. The molecule has 37 heavy (non-hydrogen) atoms. The molecule has 1 aromatic rings. The van der Waals surface area contributed by atoms with Gasteiger partial charge in [-0.05, 0) is 19.3 Å². The predicted molar refractivity (Wildman–Crippen MR) is 132 cm³/mol. The number of anilines is 2. The first-order chi connectivity index (χ1) is 17.9. The van der Waals surface area contributed by atoms with Gasteiger partial charge < -0.3 is 20.9 Å². The quantitative estimate of drug-likeness (QED) is 0.408. The Balaban J connectivity index is 1.12. The van der Waals surface area contributed by atoms with Crippen molar-refractivity contribution < 1.29 is 18.4 Å². The molecular formula is C24H35F2N9O2. The molecule has 6 atom stereocenters. The molecule has 2 bridgehead atoms. The molecule has 5 aliphatic heterocycles. The lowest BCUT2D eigenvalue weighted by molar-refractivity contribution is -0.139. The van der Waals surface area contributed by atoms with Gasteiger partial charge in [-0.1, -0.05) is 0 Å². The van der Waals surface area contributed by atoms with E-state index in [1.165, 1.54) is 6.20 Å². The van der Waals surface area contributed by atoms with E-state index in [-0.39, 0.29) is 36.3 Å². The number of amides is 2. The van der Waals surface area contributed by atoms with Gasteiger partial charge in [0.2, 0.25) is 11.8 Å². The van der Waals surface area contributed by atoms with Crippen LogP contribution in [0.3, 0.4) is 0 Å². The topological polar surface area (TPSA) is 122 Å². The Hall–Kier alpha value is -2.45. The summed E-state index contributed by atoms with van der Waals surface area (Å²) in [6, 6.07) is 0.320. The summed E-state index contributed by atoms with van der Waals surface area (Å²) in [6.45, 7) is 5.04. The number of nitrogens with zero attached hydrogens (tertiary/aromatic N) is 5. The van der Waals surface area contributed by atoms with Crippen LogP contribution in [0.15, 0.2) is 12.4 Å². The molecule has 6 rings (SSSR count). The zero-order valence-corrected chi connectivity index (χ0v) is 20.8. The lowest BCUT2D eigenvalue weighted by Crippen LogP contribution is -2.58. The zero-order valence-electron chi connectivity index (χ0n) is 20.8. The largest absolute Gasteiger partial charge is 0.367 e. The highest BCUT2D eigenvalue weighted by molar-refractivity contribution is 5.96. The van der Waals surface area contributed by atoms with Gasteiger partial charge in [0, 0.05) is 64.3 Å². The summed E-state index contributed by atoms with van der Waals surface area (Å²) >= 11 is 0. The van der Waals surface area contributed by atoms with Crippen molar-refractivity contribution in [3.63, 3.8) is 0 Å². The van der Waals surface area contributed by atoms with Crippen LogP contribution in [0, 0.1) is 17.7 Å². The highest BCUT2D eigenvalue weighted by Gasteiger charge is 2.47. The van der Waals surface area contributed by atoms with Crippen LogP contribution in [-0.2, 0) is 9.59 Å². The van der Waals surface area contributed by atoms with Gasteiger partial charge in [-0.15, -0.1) is 0 Å². The smallest absolute Gasteiger partial charge is 0.233 e. The van der Waals surface area contributed by atoms with Crippen molar-refractivity contribution in [2.24, 2.45) is 17.6 Å². The van der Waals surface area contributed by atoms with E-state index in [1.54, 1.807) is 5.01 Å². The fourth-order valence-corrected chi connectivity index (χ4v) is 6.61. The van der Waals surface area contributed by atoms with Gasteiger partial charge in [0.1, 0.15) is 11.9 Å². The number of hydrogen-bond donors (Lipinski definition) is 4. The Labute approximate surface area is 214 Å². The standard InChI is InChI=1S/C24H35F2N9O2/c25-15-9-29-22-19(21(27)31-35(22)12-15)23(36)30-18-11-28-10-17(26)20(18)33-5-1-14(2-6-33)24(37)34-8-7-32-4-3-16(34)13-32/h10-11,14-16,19,21-22,29,31H,1-9,12-13,27H2,(H,30,36). The Morgan fingerprint density at radius 3 is 2.70 bits per heavy atom. The number of piperazine rings is 1. The maximum atomic E-state index is 15.1. The fraction of sp³-hybridized carbons (Fsp3) is 0.708. The molecule has 202 valence electrons. The van der Waals surface area contributed by atoms with Crippen LogP contribution in [0.25, 0.3) is 0 Å². The molecule has 0 aliphatic carbocycles. The van der Waals surface area contributed by atoms with Crippen molar-refractivity contribution in [1.29, 1.82) is 0 Å². The maximum Gasteiger partial charge on any atom is 0.233 e. The van der Waals surface area contributed by atoms with Crippen molar-refractivity contribution in [1.82, 2.24) is 30.5 Å². The summed E-state index contributed by atoms with van der Waals surface area (Å²) in [6.07, 6.45) is 2.63. The average molecular weight is 520 g/mol. The molecule has 0 aromatic carbocycles. The van der Waals surface area contributed by atoms with E-state index >= 15 is 4.39 Å². The van der Waals surface area contributed by atoms with Gasteiger partial charge in [-0.2, -0.15) is 0 Å². The minimum absolute atomic E-state index is 0.0726. The summed E-state index contributed by atoms with van der Waals surface area (Å²) in [5.74, 6) is -1.49. The summed E-state index contributed by atoms with van der Waals surface area (Å²) in [5, 5.41) is 7.47. The van der Waals surface area contributed by atoms with Gasteiger partial charge >= 0.3 is 0 Å². The number of carbonyl (C=O) groups is 2. The summed E-state index contributed by atoms with van der Waals surface area (Å²) in [4.78, 5) is 36.9. The summed E-state index contributed by atoms with van der Waals surface area (Å²) in [5.41, 5.74) is 9.65. The number of alkyl halides is 1. The first-order valence-corrected chi connectivity index (χ1v) is 13.3. The number of halogens is 2. The second kappa shape index (κ2) is 10.0. The highest BCUT2D eigenvalue weighted by atomic mass is 19.1. The number of nitrogens with one attached hydrogen (secondary N) is 3. The molecule has 0 spiro atoms. The third kappa shape index (κ3) is 4.67. The van der Waals surface area contributed by atoms with Crippen molar-refractivity contribution >= 4 is 23.2 Å². The summed E-state index contributed by atoms with van der Waals surface area (Å²) in [7, 11) is 0. The van der Waals surface area contributed by atoms with E-state index < -0.39 is 36.1 Å². The maximum absolute atomic E-state index is 15.1. The monoisotopic (exact) mass is 519 g/mol. The number of nitrogens with two attached hydrogens (primary N) is 1. The van der Waals surface area contributed by atoms with E-state index in [0.717, 1.165) is 38.8 Å². The molecule has 5 fully saturated rings. The molecule has 5 saturated heterocycles. The molecule has 6 heterocycles. The minimum Gasteiger partial charge on any atom is -0.367 e. The molecule has 0 radical (unpaired) electrons. The van der Waals surface area contributed by atoms with Gasteiger partial charge in [-0.25, -0.2) is 19.2 Å². The second-order valence-corrected chi connectivity index (χ2v) is 10.8. The van der Waals surface area contributed by atoms with Crippen molar-refractivity contribution in [2.75, 3.05) is 62.6 Å². The van der Waals surface area contributed by atoms with E-state index in [4.69, 9.17) is 5.73 Å². The van der Waals surface area contributed by atoms with Crippen molar-refractivity contribution in [2.45, 2.75) is 43.8 Å². The molecule has 5 N–H and O–H groups in total. The Kier molecular flexibility index (Phi) is 6.74. The molecule has 6 unspecified atom stereocenters. The van der Waals surface area contributed by atoms with Crippen LogP contribution in [0.5, 0.6) is 0 Å². The van der Waals surface area contributed by atoms with Crippen LogP contribution < -0.4 is 26.7 Å². The number of carbonyl (C=O) groups excluding carboxylic acids is 2. The van der Waals surface area contributed by atoms with E-state index in [0.29, 0.717) is 32.0 Å². The molecule has 1 aromatic heterocycles. The van der Waals surface area contributed by atoms with Gasteiger partial charge in [-0.3, -0.25) is 24.8 Å². The molecule has 5 aliphatic rings. The van der Waals surface area contributed by atoms with Crippen LogP contribution in [-0.4, -0.2) is 109 Å². The summed E-state index contributed by atoms with van der Waals surface area (Å²) < 4.78 is 28.8. The number of hydrogen-bond acceptors (Lipinski definition) is 9. The van der Waals surface area contributed by atoms with Crippen molar-refractivity contribution in [3.05, 3.63) is 18.2 Å². The first-order valence-electron chi connectivity index (χ1n) is 13.3. The van der Waals surface area contributed by atoms with Gasteiger partial charge in [0.25, 0.3) is 0 Å². The van der Waals surface area contributed by atoms with Crippen LogP contribution in [0.4, 0.5) is 20.2 Å². The lowest BCUT2D eigenvalue weighted by atomic mass is 9.93. The Morgan fingerprint density at radius 2 is 1.89 bits per heavy atom. The average Bonchev–Trinajstić information content (AvgIpc) is 3.42. The molecule has 11 nitrogen and oxygen atoms in total. The molecule has 13 heteroatoms. The number of aromatic nitrogens is 1. The number of rotatable bonds is 4. The second-order valence-electron chi connectivity index (χ2n) is 10.8. The zero-order chi connectivity index (χ0) is 25.7. The third-order valence-corrected chi connectivity index (χ3v) is 8.54. The van der Waals surface area contributed by atoms with Crippen molar-refractivity contribution in [3.8, 4) is 0 Å². The first kappa shape index (κ1) is 24.9. The number of pyridine rings is 1. The Bertz CT molecular complexity index is 1040. The minimum atomic E-state index is -1.06. The van der Waals surface area contributed by atoms with E-state index in [2.05, 4.69) is 30.8 Å². The Morgan fingerprint density at radius 1 is 1.08 bits per heavy atom. The predicted octanol–water partition coefficient (Wildman–Crippen LogP) is -0.719. The highest BCUT2D eigenvalue weighted by Crippen LogP contribution is 2.34. The van der Waals surface area contributed by atoms with Crippen LogP contribution in [0.2, 0.25) is 0 Å². The normalized spacial score (nSPS) is 34.5.